The van der Waals surface area contributed by atoms with Gasteiger partial charge in [0.2, 0.25) is 5.95 Å². The third kappa shape index (κ3) is 5.07. The Morgan fingerprint density at radius 1 is 1.12 bits per heavy atom. The number of nitrogens with two attached hydrogens (primary N) is 1. The highest BCUT2D eigenvalue weighted by Gasteiger charge is 2.23. The van der Waals surface area contributed by atoms with Gasteiger partial charge in [-0.2, -0.15) is 0 Å². The highest BCUT2D eigenvalue weighted by atomic mass is 32.2. The zero-order chi connectivity index (χ0) is 23.7. The lowest BCUT2D eigenvalue weighted by atomic mass is 10.1. The Kier molecular flexibility index (Phi) is 7.04. The first kappa shape index (κ1) is 23.5. The van der Waals surface area contributed by atoms with Crippen molar-refractivity contribution in [1.29, 1.82) is 0 Å². The van der Waals surface area contributed by atoms with E-state index in [1.807, 2.05) is 4.90 Å². The summed E-state index contributed by atoms with van der Waals surface area (Å²) in [6, 6.07) is 2.13. The number of rotatable bonds is 6. The highest BCUT2D eigenvalue weighted by molar-refractivity contribution is 7.79. The Hall–Kier alpha value is -2.22. The fourth-order valence-corrected chi connectivity index (χ4v) is 6.34. The van der Waals surface area contributed by atoms with Gasteiger partial charge in [-0.3, -0.25) is 14.0 Å². The summed E-state index contributed by atoms with van der Waals surface area (Å²) in [4.78, 5) is 21.4. The van der Waals surface area contributed by atoms with Crippen molar-refractivity contribution < 1.29 is 13.5 Å². The quantitative estimate of drug-likeness (QED) is 0.495. The molecular formula is C22H28N7O3S2-. The molecular weight excluding hydrogens is 474 g/mol. The van der Waals surface area contributed by atoms with Crippen molar-refractivity contribution in [2.75, 3.05) is 69.0 Å². The van der Waals surface area contributed by atoms with Crippen LogP contribution in [0.15, 0.2) is 18.5 Å². The van der Waals surface area contributed by atoms with Gasteiger partial charge in [0.15, 0.2) is 0 Å². The van der Waals surface area contributed by atoms with E-state index < -0.39 is 11.1 Å². The molecule has 0 amide bonds. The van der Waals surface area contributed by atoms with Gasteiger partial charge in [0, 0.05) is 74.0 Å². The molecule has 0 spiro atoms. The van der Waals surface area contributed by atoms with Crippen LogP contribution in [0.1, 0.15) is 10.4 Å². The molecule has 0 saturated carbocycles. The standard InChI is InChI=1S/C22H29N7O3S2/c1-15-17-10-18(16-11-24-22(23)25-12-16)26-21(29-6-8-32-9-7-29)20(17)33-19(15)13-27-2-4-28(5-3-27)14-34(30)31/h10-12H,2-9,13-14H2,1H3,(H,30,31)(H2,23,24,25)/p-1. The van der Waals surface area contributed by atoms with Crippen molar-refractivity contribution in [3.63, 3.8) is 0 Å². The second-order valence-electron chi connectivity index (χ2n) is 8.61. The van der Waals surface area contributed by atoms with Crippen LogP contribution in [0.25, 0.3) is 21.3 Å². The smallest absolute Gasteiger partial charge is 0.219 e. The van der Waals surface area contributed by atoms with Gasteiger partial charge < -0.3 is 19.9 Å². The summed E-state index contributed by atoms with van der Waals surface area (Å²) in [7, 11) is 0. The number of piperazine rings is 1. The maximum Gasteiger partial charge on any atom is 0.219 e. The average molecular weight is 503 g/mol. The fourth-order valence-electron chi connectivity index (χ4n) is 4.44. The number of thiophene rings is 1. The predicted octanol–water partition coefficient (Wildman–Crippen LogP) is 1.43. The minimum Gasteiger partial charge on any atom is -0.771 e. The van der Waals surface area contributed by atoms with Gasteiger partial charge in [-0.1, -0.05) is 0 Å². The molecule has 0 aliphatic carbocycles. The minimum atomic E-state index is -2.03. The van der Waals surface area contributed by atoms with Crippen LogP contribution >= 0.6 is 11.3 Å². The predicted molar refractivity (Wildman–Crippen MR) is 133 cm³/mol. The van der Waals surface area contributed by atoms with Crippen molar-refractivity contribution in [2.45, 2.75) is 13.5 Å². The number of nitrogens with zero attached hydrogens (tertiary/aromatic N) is 6. The summed E-state index contributed by atoms with van der Waals surface area (Å²) < 4.78 is 28.8. The molecule has 1 unspecified atom stereocenters. The van der Waals surface area contributed by atoms with Gasteiger partial charge in [-0.25, -0.2) is 15.0 Å². The van der Waals surface area contributed by atoms with Crippen LogP contribution in [0, 0.1) is 6.92 Å². The average Bonchev–Trinajstić information content (AvgIpc) is 3.15. The second kappa shape index (κ2) is 10.2. The Balaban J connectivity index is 1.47. The molecule has 0 bridgehead atoms. The first-order valence-corrected chi connectivity index (χ1v) is 13.4. The molecule has 3 aromatic heterocycles. The lowest BCUT2D eigenvalue weighted by Gasteiger charge is -2.34. The van der Waals surface area contributed by atoms with E-state index in [-0.39, 0.29) is 11.8 Å². The number of hydrogen-bond acceptors (Lipinski definition) is 11. The van der Waals surface area contributed by atoms with Gasteiger partial charge in [0.05, 0.1) is 29.5 Å². The summed E-state index contributed by atoms with van der Waals surface area (Å²) in [5, 5.41) is 1.20. The zero-order valence-electron chi connectivity index (χ0n) is 19.1. The Bertz CT molecular complexity index is 1170. The Morgan fingerprint density at radius 3 is 2.47 bits per heavy atom. The Labute approximate surface area is 205 Å². The molecule has 0 radical (unpaired) electrons. The topological polar surface area (TPSA) is 124 Å². The van der Waals surface area contributed by atoms with Crippen LogP contribution in [-0.4, -0.2) is 91.9 Å². The lowest BCUT2D eigenvalue weighted by molar-refractivity contribution is 0.122. The monoisotopic (exact) mass is 502 g/mol. The van der Waals surface area contributed by atoms with E-state index >= 15 is 0 Å². The molecule has 1 atom stereocenters. The van der Waals surface area contributed by atoms with E-state index in [0.29, 0.717) is 13.2 Å². The maximum atomic E-state index is 11.0. The molecule has 2 fully saturated rings. The SMILES string of the molecule is Cc1c(CN2CCN(CS(=O)[O-])CC2)sc2c(N3CCOCC3)nc(-c3cnc(N)nc3)cc12. The maximum absolute atomic E-state index is 11.0. The molecule has 5 heterocycles. The number of nitrogen functional groups attached to an aromatic ring is 1. The van der Waals surface area contributed by atoms with Gasteiger partial charge >= 0.3 is 0 Å². The number of aryl methyl sites for hydroxylation is 1. The van der Waals surface area contributed by atoms with Gasteiger partial charge in [-0.05, 0) is 29.6 Å². The third-order valence-corrected chi connectivity index (χ3v) is 8.27. The first-order chi connectivity index (χ1) is 16.5. The Morgan fingerprint density at radius 2 is 1.79 bits per heavy atom. The van der Waals surface area contributed by atoms with E-state index in [4.69, 9.17) is 15.5 Å². The van der Waals surface area contributed by atoms with E-state index in [0.717, 1.165) is 62.9 Å². The van der Waals surface area contributed by atoms with Crippen LogP contribution in [0.5, 0.6) is 0 Å². The van der Waals surface area contributed by atoms with Crippen molar-refractivity contribution in [3.8, 4) is 11.3 Å². The van der Waals surface area contributed by atoms with Crippen molar-refractivity contribution in [2.24, 2.45) is 0 Å². The molecule has 2 saturated heterocycles. The summed E-state index contributed by atoms with van der Waals surface area (Å²) >= 11 is -0.223. The number of fused-ring (bicyclic) bond motifs is 1. The van der Waals surface area contributed by atoms with E-state index in [1.165, 1.54) is 20.5 Å². The van der Waals surface area contributed by atoms with Gasteiger partial charge in [0.1, 0.15) is 5.82 Å². The summed E-state index contributed by atoms with van der Waals surface area (Å²) in [5.74, 6) is 1.34. The normalized spacial score (nSPS) is 19.1. The van der Waals surface area contributed by atoms with Gasteiger partial charge in [0.25, 0.3) is 0 Å². The number of pyridine rings is 1. The van der Waals surface area contributed by atoms with Crippen LogP contribution in [0.4, 0.5) is 11.8 Å². The highest BCUT2D eigenvalue weighted by Crippen LogP contribution is 2.39. The summed E-state index contributed by atoms with van der Waals surface area (Å²) in [6.45, 7) is 9.25. The number of anilines is 2. The molecule has 5 rings (SSSR count). The zero-order valence-corrected chi connectivity index (χ0v) is 20.7. The number of aromatic nitrogens is 3. The van der Waals surface area contributed by atoms with Crippen molar-refractivity contribution >= 4 is 44.3 Å². The van der Waals surface area contributed by atoms with Crippen LogP contribution in [0.2, 0.25) is 0 Å². The molecule has 34 heavy (non-hydrogen) atoms. The van der Waals surface area contributed by atoms with Crippen LogP contribution in [-0.2, 0) is 22.4 Å². The molecule has 182 valence electrons. The first-order valence-electron chi connectivity index (χ1n) is 11.3. The largest absolute Gasteiger partial charge is 0.771 e. The fraction of sp³-hybridized carbons (Fsp3) is 0.500. The minimum absolute atomic E-state index is 0.113. The third-order valence-electron chi connectivity index (χ3n) is 6.40. The molecule has 2 N–H and O–H groups in total. The summed E-state index contributed by atoms with van der Waals surface area (Å²) in [5.41, 5.74) is 8.62. The van der Waals surface area contributed by atoms with Crippen LogP contribution < -0.4 is 10.6 Å². The molecule has 3 aromatic rings. The molecule has 10 nitrogen and oxygen atoms in total. The number of morpholine rings is 1. The molecule has 2 aliphatic rings. The molecule has 2 aliphatic heterocycles. The van der Waals surface area contributed by atoms with Crippen molar-refractivity contribution in [3.05, 3.63) is 28.9 Å². The second-order valence-corrected chi connectivity index (χ2v) is 10.6. The van der Waals surface area contributed by atoms with Crippen molar-refractivity contribution in [1.82, 2.24) is 24.8 Å². The summed E-state index contributed by atoms with van der Waals surface area (Å²) in [6.07, 6.45) is 3.44. The van der Waals surface area contributed by atoms with E-state index in [2.05, 4.69) is 32.8 Å². The van der Waals surface area contributed by atoms with Crippen LogP contribution in [0.3, 0.4) is 0 Å². The molecule has 0 aromatic carbocycles. The lowest BCUT2D eigenvalue weighted by Crippen LogP contribution is -2.46. The number of ether oxygens (including phenoxy) is 1. The van der Waals surface area contributed by atoms with E-state index in [1.54, 1.807) is 23.7 Å². The van der Waals surface area contributed by atoms with Gasteiger partial charge in [-0.15, -0.1) is 11.3 Å². The number of hydrogen-bond donors (Lipinski definition) is 1. The molecule has 12 heteroatoms. The van der Waals surface area contributed by atoms with E-state index in [9.17, 15) is 8.76 Å².